The van der Waals surface area contributed by atoms with Crippen LogP contribution in [0.5, 0.6) is 0 Å². The lowest BCUT2D eigenvalue weighted by molar-refractivity contribution is -0.138. The van der Waals surface area contributed by atoms with Gasteiger partial charge in [-0.3, -0.25) is 0 Å². The standard InChI is InChI=1S/C16H16ClNO2/c1-10-5-3-6-11(2)14(10)15(16(19)20)18-13-8-4-7-12(17)9-13/h3-9,15,18H,1-2H3,(H,19,20). The first-order chi connectivity index (χ1) is 9.49. The number of nitrogens with one attached hydrogen (secondary N) is 1. The number of aryl methyl sites for hydroxylation is 2. The van der Waals surface area contributed by atoms with Crippen LogP contribution in [0.1, 0.15) is 22.7 Å². The van der Waals surface area contributed by atoms with Crippen LogP contribution < -0.4 is 5.32 Å². The Morgan fingerprint density at radius 3 is 2.30 bits per heavy atom. The molecular formula is C16H16ClNO2. The number of benzene rings is 2. The maximum atomic E-state index is 11.6. The molecule has 0 saturated heterocycles. The van der Waals surface area contributed by atoms with E-state index in [9.17, 15) is 9.90 Å². The number of carbonyl (C=O) groups is 1. The average molecular weight is 290 g/mol. The monoisotopic (exact) mass is 289 g/mol. The Bertz CT molecular complexity index is 620. The predicted octanol–water partition coefficient (Wildman–Crippen LogP) is 4.19. The minimum Gasteiger partial charge on any atom is -0.479 e. The van der Waals surface area contributed by atoms with Gasteiger partial charge in [0.1, 0.15) is 0 Å². The third kappa shape index (κ3) is 3.11. The molecule has 2 aromatic carbocycles. The van der Waals surface area contributed by atoms with Gasteiger partial charge in [0, 0.05) is 10.7 Å². The van der Waals surface area contributed by atoms with E-state index in [0.717, 1.165) is 16.7 Å². The number of hydrogen-bond donors (Lipinski definition) is 2. The van der Waals surface area contributed by atoms with Gasteiger partial charge in [-0.15, -0.1) is 0 Å². The number of carboxylic acid groups (broad SMARTS) is 1. The van der Waals surface area contributed by atoms with Gasteiger partial charge in [0.2, 0.25) is 0 Å². The topological polar surface area (TPSA) is 49.3 Å². The summed E-state index contributed by atoms with van der Waals surface area (Å²) in [6, 6.07) is 12.0. The zero-order valence-electron chi connectivity index (χ0n) is 11.4. The summed E-state index contributed by atoms with van der Waals surface area (Å²) in [6.45, 7) is 3.83. The summed E-state index contributed by atoms with van der Waals surface area (Å²) in [7, 11) is 0. The van der Waals surface area contributed by atoms with E-state index in [1.54, 1.807) is 24.3 Å². The summed E-state index contributed by atoms with van der Waals surface area (Å²) in [6.07, 6.45) is 0. The fourth-order valence-corrected chi connectivity index (χ4v) is 2.48. The van der Waals surface area contributed by atoms with Crippen molar-refractivity contribution in [2.75, 3.05) is 5.32 Å². The van der Waals surface area contributed by atoms with Crippen LogP contribution in [0, 0.1) is 13.8 Å². The molecule has 0 radical (unpaired) electrons. The van der Waals surface area contributed by atoms with Crippen molar-refractivity contribution in [3.05, 3.63) is 64.2 Å². The van der Waals surface area contributed by atoms with Gasteiger partial charge in [-0.1, -0.05) is 35.9 Å². The zero-order valence-corrected chi connectivity index (χ0v) is 12.1. The first kappa shape index (κ1) is 14.4. The highest BCUT2D eigenvalue weighted by Crippen LogP contribution is 2.27. The lowest BCUT2D eigenvalue weighted by Gasteiger charge is -2.20. The first-order valence-electron chi connectivity index (χ1n) is 6.30. The summed E-state index contributed by atoms with van der Waals surface area (Å²) in [5.41, 5.74) is 3.38. The van der Waals surface area contributed by atoms with Crippen molar-refractivity contribution < 1.29 is 9.90 Å². The fraction of sp³-hybridized carbons (Fsp3) is 0.188. The summed E-state index contributed by atoms with van der Waals surface area (Å²) in [5, 5.41) is 13.1. The molecule has 0 bridgehead atoms. The van der Waals surface area contributed by atoms with Crippen LogP contribution in [0.15, 0.2) is 42.5 Å². The van der Waals surface area contributed by atoms with Gasteiger partial charge in [0.15, 0.2) is 6.04 Å². The Morgan fingerprint density at radius 2 is 1.75 bits per heavy atom. The van der Waals surface area contributed by atoms with Crippen LogP contribution in [0.25, 0.3) is 0 Å². The van der Waals surface area contributed by atoms with Crippen molar-refractivity contribution in [1.82, 2.24) is 0 Å². The molecule has 0 fully saturated rings. The third-order valence-electron chi connectivity index (χ3n) is 3.21. The molecule has 0 spiro atoms. The molecule has 0 amide bonds. The zero-order chi connectivity index (χ0) is 14.7. The quantitative estimate of drug-likeness (QED) is 0.887. The molecule has 2 N–H and O–H groups in total. The molecule has 20 heavy (non-hydrogen) atoms. The Morgan fingerprint density at radius 1 is 1.15 bits per heavy atom. The van der Waals surface area contributed by atoms with Crippen LogP contribution in [0.4, 0.5) is 5.69 Å². The molecule has 3 nitrogen and oxygen atoms in total. The van der Waals surface area contributed by atoms with Crippen molar-refractivity contribution in [2.24, 2.45) is 0 Å². The lowest BCUT2D eigenvalue weighted by atomic mass is 9.96. The predicted molar refractivity (Wildman–Crippen MR) is 81.4 cm³/mol. The van der Waals surface area contributed by atoms with Crippen molar-refractivity contribution in [2.45, 2.75) is 19.9 Å². The molecular weight excluding hydrogens is 274 g/mol. The molecule has 0 saturated carbocycles. The Labute approximate surface area is 123 Å². The molecule has 0 aliphatic rings. The van der Waals surface area contributed by atoms with Gasteiger partial charge in [0.05, 0.1) is 0 Å². The van der Waals surface area contributed by atoms with Crippen LogP contribution in [-0.2, 0) is 4.79 Å². The molecule has 4 heteroatoms. The summed E-state index contributed by atoms with van der Waals surface area (Å²) in [4.78, 5) is 11.6. The number of halogens is 1. The van der Waals surface area contributed by atoms with E-state index in [1.165, 1.54) is 0 Å². The van der Waals surface area contributed by atoms with Crippen molar-refractivity contribution in [3.63, 3.8) is 0 Å². The van der Waals surface area contributed by atoms with Gasteiger partial charge in [-0.25, -0.2) is 4.79 Å². The molecule has 2 rings (SSSR count). The van der Waals surface area contributed by atoms with Crippen LogP contribution >= 0.6 is 11.6 Å². The number of hydrogen-bond acceptors (Lipinski definition) is 2. The molecule has 1 atom stereocenters. The Balaban J connectivity index is 2.40. The fourth-order valence-electron chi connectivity index (χ4n) is 2.29. The van der Waals surface area contributed by atoms with Gasteiger partial charge in [0.25, 0.3) is 0 Å². The molecule has 0 aliphatic carbocycles. The van der Waals surface area contributed by atoms with E-state index >= 15 is 0 Å². The van der Waals surface area contributed by atoms with E-state index in [4.69, 9.17) is 11.6 Å². The number of carboxylic acids is 1. The second kappa shape index (κ2) is 5.97. The van der Waals surface area contributed by atoms with E-state index in [1.807, 2.05) is 32.0 Å². The third-order valence-corrected chi connectivity index (χ3v) is 3.45. The first-order valence-corrected chi connectivity index (χ1v) is 6.68. The number of anilines is 1. The SMILES string of the molecule is Cc1cccc(C)c1C(Nc1cccc(Cl)c1)C(=O)O. The van der Waals surface area contributed by atoms with Gasteiger partial charge >= 0.3 is 5.97 Å². The minimum absolute atomic E-state index is 0.570. The highest BCUT2D eigenvalue weighted by molar-refractivity contribution is 6.30. The molecule has 2 aromatic rings. The van der Waals surface area contributed by atoms with E-state index in [-0.39, 0.29) is 0 Å². The van der Waals surface area contributed by atoms with Crippen LogP contribution in [0.3, 0.4) is 0 Å². The van der Waals surface area contributed by atoms with Gasteiger partial charge in [-0.05, 0) is 48.7 Å². The highest BCUT2D eigenvalue weighted by atomic mass is 35.5. The molecule has 0 heterocycles. The highest BCUT2D eigenvalue weighted by Gasteiger charge is 2.23. The number of rotatable bonds is 4. The van der Waals surface area contributed by atoms with Crippen molar-refractivity contribution >= 4 is 23.3 Å². The van der Waals surface area contributed by atoms with Gasteiger partial charge < -0.3 is 10.4 Å². The Kier molecular flexibility index (Phi) is 4.30. The minimum atomic E-state index is -0.914. The Hall–Kier alpha value is -2.00. The smallest absolute Gasteiger partial charge is 0.330 e. The second-order valence-corrected chi connectivity index (χ2v) is 5.17. The molecule has 0 aromatic heterocycles. The summed E-state index contributed by atoms with van der Waals surface area (Å²) in [5.74, 6) is -0.914. The lowest BCUT2D eigenvalue weighted by Crippen LogP contribution is -2.22. The van der Waals surface area contributed by atoms with E-state index in [0.29, 0.717) is 10.7 Å². The average Bonchev–Trinajstić information content (AvgIpc) is 2.37. The largest absolute Gasteiger partial charge is 0.479 e. The van der Waals surface area contributed by atoms with Crippen LogP contribution in [0.2, 0.25) is 5.02 Å². The molecule has 1 unspecified atom stereocenters. The summed E-state index contributed by atoms with van der Waals surface area (Å²) >= 11 is 5.93. The molecule has 104 valence electrons. The van der Waals surface area contributed by atoms with Crippen molar-refractivity contribution in [1.29, 1.82) is 0 Å². The maximum absolute atomic E-state index is 11.6. The van der Waals surface area contributed by atoms with Crippen LogP contribution in [-0.4, -0.2) is 11.1 Å². The van der Waals surface area contributed by atoms with E-state index < -0.39 is 12.0 Å². The second-order valence-electron chi connectivity index (χ2n) is 4.73. The summed E-state index contributed by atoms with van der Waals surface area (Å²) < 4.78 is 0. The number of aliphatic carboxylic acids is 1. The van der Waals surface area contributed by atoms with Crippen molar-refractivity contribution in [3.8, 4) is 0 Å². The van der Waals surface area contributed by atoms with E-state index in [2.05, 4.69) is 5.32 Å². The normalized spacial score (nSPS) is 11.9. The molecule has 0 aliphatic heterocycles. The van der Waals surface area contributed by atoms with Gasteiger partial charge in [-0.2, -0.15) is 0 Å². The maximum Gasteiger partial charge on any atom is 0.330 e.